The first-order valence-corrected chi connectivity index (χ1v) is 9.70. The van der Waals surface area contributed by atoms with Crippen molar-refractivity contribution in [2.75, 3.05) is 26.0 Å². The number of carbonyl (C=O) groups is 2. The molecule has 3 rings (SSSR count). The molecule has 0 spiro atoms. The van der Waals surface area contributed by atoms with E-state index >= 15 is 0 Å². The zero-order valence-corrected chi connectivity index (χ0v) is 17.6. The number of aromatic nitrogens is 1. The number of halogens is 1. The molecule has 1 N–H and O–H groups in total. The van der Waals surface area contributed by atoms with Crippen LogP contribution in [0.2, 0.25) is 0 Å². The number of carbonyl (C=O) groups excluding carboxylic acids is 2. The summed E-state index contributed by atoms with van der Waals surface area (Å²) in [7, 11) is 3.30. The summed E-state index contributed by atoms with van der Waals surface area (Å²) in [5.74, 6) is -0.0836. The van der Waals surface area contributed by atoms with Crippen molar-refractivity contribution in [3.8, 4) is 17.2 Å². The second-order valence-corrected chi connectivity index (χ2v) is 6.90. The van der Waals surface area contributed by atoms with E-state index in [1.165, 1.54) is 35.4 Å². The highest BCUT2D eigenvalue weighted by Crippen LogP contribution is 2.25. The number of pyridine rings is 1. The molecule has 0 aliphatic rings. The van der Waals surface area contributed by atoms with Gasteiger partial charge in [0.2, 0.25) is 5.91 Å². The van der Waals surface area contributed by atoms with Crippen molar-refractivity contribution in [2.24, 2.45) is 0 Å². The smallest absolute Gasteiger partial charge is 0.259 e. The Labute approximate surface area is 185 Å². The van der Waals surface area contributed by atoms with Gasteiger partial charge in [-0.15, -0.1) is 0 Å². The van der Waals surface area contributed by atoms with Gasteiger partial charge in [0, 0.05) is 32.1 Å². The SMILES string of the molecule is CN(C)C(=O)COc1ccc(NC(=O)/C=C/c2ccc(Oc3cccnc3)c(F)c2)cc1. The molecule has 0 saturated heterocycles. The average Bonchev–Trinajstić information content (AvgIpc) is 2.79. The number of hydrogen-bond acceptors (Lipinski definition) is 5. The lowest BCUT2D eigenvalue weighted by molar-refractivity contribution is -0.130. The van der Waals surface area contributed by atoms with Crippen LogP contribution in [0.25, 0.3) is 6.08 Å². The molecule has 0 unspecified atom stereocenters. The molecule has 0 aliphatic heterocycles. The van der Waals surface area contributed by atoms with E-state index in [1.807, 2.05) is 0 Å². The number of benzene rings is 2. The Hall–Kier alpha value is -4.20. The van der Waals surface area contributed by atoms with E-state index in [0.717, 1.165) is 0 Å². The van der Waals surface area contributed by atoms with Crippen molar-refractivity contribution in [1.82, 2.24) is 9.88 Å². The van der Waals surface area contributed by atoms with Gasteiger partial charge in [-0.25, -0.2) is 4.39 Å². The Morgan fingerprint density at radius 2 is 1.88 bits per heavy atom. The highest BCUT2D eigenvalue weighted by molar-refractivity contribution is 6.01. The molecule has 2 aromatic carbocycles. The zero-order valence-electron chi connectivity index (χ0n) is 17.6. The maximum Gasteiger partial charge on any atom is 0.259 e. The lowest BCUT2D eigenvalue weighted by atomic mass is 10.2. The molecule has 2 amide bonds. The summed E-state index contributed by atoms with van der Waals surface area (Å²) in [5.41, 5.74) is 1.06. The molecule has 1 heterocycles. The van der Waals surface area contributed by atoms with E-state index < -0.39 is 5.82 Å². The Morgan fingerprint density at radius 1 is 1.09 bits per heavy atom. The first-order chi connectivity index (χ1) is 15.4. The molecule has 8 heteroatoms. The van der Waals surface area contributed by atoms with Gasteiger partial charge in [-0.2, -0.15) is 0 Å². The van der Waals surface area contributed by atoms with E-state index in [9.17, 15) is 14.0 Å². The molecule has 0 saturated carbocycles. The molecule has 0 radical (unpaired) electrons. The van der Waals surface area contributed by atoms with Gasteiger partial charge in [-0.1, -0.05) is 6.07 Å². The first-order valence-electron chi connectivity index (χ1n) is 9.70. The summed E-state index contributed by atoms with van der Waals surface area (Å²) in [5, 5.41) is 2.70. The van der Waals surface area contributed by atoms with Crippen molar-refractivity contribution >= 4 is 23.6 Å². The predicted molar refractivity (Wildman–Crippen MR) is 119 cm³/mol. The lowest BCUT2D eigenvalue weighted by Crippen LogP contribution is -2.27. The number of nitrogens with zero attached hydrogens (tertiary/aromatic N) is 2. The molecule has 0 aliphatic carbocycles. The molecule has 3 aromatic rings. The van der Waals surface area contributed by atoms with Crippen LogP contribution in [-0.4, -0.2) is 42.4 Å². The number of rotatable bonds is 8. The zero-order chi connectivity index (χ0) is 22.9. The van der Waals surface area contributed by atoms with E-state index in [2.05, 4.69) is 10.3 Å². The van der Waals surface area contributed by atoms with Crippen LogP contribution < -0.4 is 14.8 Å². The normalized spacial score (nSPS) is 10.6. The Balaban J connectivity index is 1.53. The van der Waals surface area contributed by atoms with Crippen molar-refractivity contribution in [1.29, 1.82) is 0 Å². The molecule has 7 nitrogen and oxygen atoms in total. The topological polar surface area (TPSA) is 80.8 Å². The average molecular weight is 435 g/mol. The monoisotopic (exact) mass is 435 g/mol. The van der Waals surface area contributed by atoms with Gasteiger partial charge in [0.25, 0.3) is 5.91 Å². The molecule has 164 valence electrons. The van der Waals surface area contributed by atoms with Crippen LogP contribution in [0.1, 0.15) is 5.56 Å². The Morgan fingerprint density at radius 3 is 2.53 bits per heavy atom. The molecule has 1 aromatic heterocycles. The molecular formula is C24H22FN3O4. The van der Waals surface area contributed by atoms with Crippen LogP contribution in [0.3, 0.4) is 0 Å². The summed E-state index contributed by atoms with van der Waals surface area (Å²) in [6.07, 6.45) is 5.88. The Kier molecular flexibility index (Phi) is 7.53. The summed E-state index contributed by atoms with van der Waals surface area (Å²) >= 11 is 0. The minimum Gasteiger partial charge on any atom is -0.484 e. The third kappa shape index (κ3) is 6.66. The molecular weight excluding hydrogens is 413 g/mol. The Bertz CT molecular complexity index is 1100. The van der Waals surface area contributed by atoms with Crippen LogP contribution >= 0.6 is 0 Å². The largest absolute Gasteiger partial charge is 0.484 e. The maximum atomic E-state index is 14.3. The van der Waals surface area contributed by atoms with Gasteiger partial charge in [0.05, 0.1) is 6.20 Å². The number of ether oxygens (including phenoxy) is 2. The standard InChI is InChI=1S/C24H22FN3O4/c1-28(2)24(30)16-31-19-9-7-18(8-10-19)27-23(29)12-6-17-5-11-22(21(25)14-17)32-20-4-3-13-26-15-20/h3-15H,16H2,1-2H3,(H,27,29)/b12-6+. The van der Waals surface area contributed by atoms with Crippen LogP contribution in [0.4, 0.5) is 10.1 Å². The predicted octanol–water partition coefficient (Wildman–Crippen LogP) is 4.13. The van der Waals surface area contributed by atoms with Crippen molar-refractivity contribution in [3.05, 3.63) is 84.4 Å². The quantitative estimate of drug-likeness (QED) is 0.538. The molecule has 0 bridgehead atoms. The van der Waals surface area contributed by atoms with Crippen LogP contribution in [0.5, 0.6) is 17.2 Å². The van der Waals surface area contributed by atoms with Crippen molar-refractivity contribution < 1.29 is 23.5 Å². The van der Waals surface area contributed by atoms with Crippen LogP contribution in [-0.2, 0) is 9.59 Å². The van der Waals surface area contributed by atoms with E-state index in [0.29, 0.717) is 22.7 Å². The van der Waals surface area contributed by atoms with Gasteiger partial charge >= 0.3 is 0 Å². The fourth-order valence-corrected chi connectivity index (χ4v) is 2.50. The number of anilines is 1. The summed E-state index contributed by atoms with van der Waals surface area (Å²) in [6, 6.07) is 14.4. The van der Waals surface area contributed by atoms with Gasteiger partial charge < -0.3 is 19.7 Å². The minimum absolute atomic E-state index is 0.0641. The number of nitrogens with one attached hydrogen (secondary N) is 1. The summed E-state index contributed by atoms with van der Waals surface area (Å²) in [4.78, 5) is 29.0. The van der Waals surface area contributed by atoms with Crippen LogP contribution in [0.15, 0.2) is 73.1 Å². The van der Waals surface area contributed by atoms with Gasteiger partial charge in [0.15, 0.2) is 18.2 Å². The fourth-order valence-electron chi connectivity index (χ4n) is 2.50. The third-order valence-electron chi connectivity index (χ3n) is 4.23. The van der Waals surface area contributed by atoms with Gasteiger partial charge in [-0.05, 0) is 60.2 Å². The van der Waals surface area contributed by atoms with E-state index in [-0.39, 0.29) is 24.2 Å². The number of amides is 2. The van der Waals surface area contributed by atoms with Gasteiger partial charge in [0.1, 0.15) is 11.5 Å². The molecule has 0 fully saturated rings. The highest BCUT2D eigenvalue weighted by atomic mass is 19.1. The number of likely N-dealkylation sites (N-methyl/N-ethyl adjacent to an activating group) is 1. The first kappa shape index (κ1) is 22.5. The minimum atomic E-state index is -0.556. The number of hydrogen-bond donors (Lipinski definition) is 1. The maximum absolute atomic E-state index is 14.3. The van der Waals surface area contributed by atoms with E-state index in [1.54, 1.807) is 62.8 Å². The van der Waals surface area contributed by atoms with Crippen molar-refractivity contribution in [3.63, 3.8) is 0 Å². The fraction of sp³-hybridized carbons (Fsp3) is 0.125. The lowest BCUT2D eigenvalue weighted by Gasteiger charge is -2.11. The third-order valence-corrected chi connectivity index (χ3v) is 4.23. The second-order valence-electron chi connectivity index (χ2n) is 6.90. The van der Waals surface area contributed by atoms with Gasteiger partial charge in [-0.3, -0.25) is 14.6 Å². The summed E-state index contributed by atoms with van der Waals surface area (Å²) < 4.78 is 25.1. The van der Waals surface area contributed by atoms with E-state index in [4.69, 9.17) is 9.47 Å². The van der Waals surface area contributed by atoms with Crippen molar-refractivity contribution in [2.45, 2.75) is 0 Å². The summed E-state index contributed by atoms with van der Waals surface area (Å²) in [6.45, 7) is -0.0654. The molecule has 0 atom stereocenters. The molecule has 32 heavy (non-hydrogen) atoms. The highest BCUT2D eigenvalue weighted by Gasteiger charge is 2.07. The van der Waals surface area contributed by atoms with Crippen LogP contribution in [0, 0.1) is 5.82 Å². The second kappa shape index (κ2) is 10.7.